The standard InChI is InChI=1S/C10H13N5O3/c1-2-18-9(16)7-8(12-10(11)14-13-7)15-3-5-17-6-4-15/h3H,2,4-6H2,1H3,(H-,11,12,14,16)/p+1. The first-order chi connectivity index (χ1) is 8.72. The highest BCUT2D eigenvalue weighted by molar-refractivity contribution is 5.90. The lowest BCUT2D eigenvalue weighted by molar-refractivity contribution is -0.454. The highest BCUT2D eigenvalue weighted by Crippen LogP contribution is 2.15. The summed E-state index contributed by atoms with van der Waals surface area (Å²) in [6.07, 6.45) is 1.77. The van der Waals surface area contributed by atoms with E-state index >= 15 is 0 Å². The van der Waals surface area contributed by atoms with Gasteiger partial charge in [0.25, 0.3) is 5.69 Å². The first kappa shape index (κ1) is 12.4. The number of nitrogens with zero attached hydrogens (tertiary/aromatic N) is 4. The minimum Gasteiger partial charge on any atom is -0.461 e. The van der Waals surface area contributed by atoms with Crippen LogP contribution in [0.5, 0.6) is 0 Å². The van der Waals surface area contributed by atoms with Crippen LogP contribution in [0.1, 0.15) is 17.4 Å². The molecular weight excluding hydrogens is 238 g/mol. The molecule has 2 heterocycles. The van der Waals surface area contributed by atoms with Crippen LogP contribution >= 0.6 is 0 Å². The summed E-state index contributed by atoms with van der Waals surface area (Å²) in [7, 11) is 0. The normalized spacial score (nSPS) is 15.1. The Kier molecular flexibility index (Phi) is 3.78. The quantitative estimate of drug-likeness (QED) is 0.564. The Morgan fingerprint density at radius 2 is 2.44 bits per heavy atom. The molecule has 0 amide bonds. The third kappa shape index (κ3) is 2.59. The number of rotatable bonds is 3. The molecule has 8 nitrogen and oxygen atoms in total. The molecule has 0 fully saturated rings. The van der Waals surface area contributed by atoms with Gasteiger partial charge in [-0.15, -0.1) is 5.10 Å². The predicted octanol–water partition coefficient (Wildman–Crippen LogP) is -0.624. The summed E-state index contributed by atoms with van der Waals surface area (Å²) in [4.78, 5) is 15.8. The van der Waals surface area contributed by atoms with Crippen LogP contribution < -0.4 is 5.73 Å². The van der Waals surface area contributed by atoms with Crippen molar-refractivity contribution in [1.29, 1.82) is 0 Å². The maximum atomic E-state index is 11.7. The molecule has 1 aliphatic rings. The fourth-order valence-electron chi connectivity index (χ4n) is 1.53. The van der Waals surface area contributed by atoms with E-state index in [2.05, 4.69) is 15.2 Å². The minimum absolute atomic E-state index is 0.0120. The second kappa shape index (κ2) is 5.50. The summed E-state index contributed by atoms with van der Waals surface area (Å²) < 4.78 is 11.9. The summed E-state index contributed by atoms with van der Waals surface area (Å²) in [5.74, 6) is -0.199. The molecule has 96 valence electrons. The molecule has 0 atom stereocenters. The van der Waals surface area contributed by atoms with Gasteiger partial charge in [0.05, 0.1) is 19.4 Å². The number of carbonyl (C=O) groups excluding carboxylic acids is 1. The molecule has 0 spiro atoms. The lowest BCUT2D eigenvalue weighted by atomic mass is 10.4. The Hall–Kier alpha value is -2.09. The van der Waals surface area contributed by atoms with E-state index in [0.29, 0.717) is 25.6 Å². The van der Waals surface area contributed by atoms with Gasteiger partial charge in [0.1, 0.15) is 13.2 Å². The molecule has 0 aliphatic carbocycles. The highest BCUT2D eigenvalue weighted by atomic mass is 16.5. The SMILES string of the molecule is CCOC(=O)c1nnc(N)nc1[N+]1=CCOCC1. The van der Waals surface area contributed by atoms with Gasteiger partial charge in [-0.3, -0.25) is 0 Å². The number of ether oxygens (including phenoxy) is 2. The molecule has 18 heavy (non-hydrogen) atoms. The van der Waals surface area contributed by atoms with Crippen LogP contribution in [0.2, 0.25) is 0 Å². The van der Waals surface area contributed by atoms with Crippen LogP contribution in [0.15, 0.2) is 0 Å². The maximum Gasteiger partial charge on any atom is 0.367 e. The van der Waals surface area contributed by atoms with Crippen molar-refractivity contribution in [3.05, 3.63) is 5.69 Å². The van der Waals surface area contributed by atoms with Gasteiger partial charge in [0.2, 0.25) is 0 Å². The smallest absolute Gasteiger partial charge is 0.367 e. The molecule has 1 aliphatic heterocycles. The van der Waals surface area contributed by atoms with Crippen LogP contribution in [0.3, 0.4) is 0 Å². The number of nitrogen functional groups attached to an aromatic ring is 1. The topological polar surface area (TPSA) is 103 Å². The van der Waals surface area contributed by atoms with Gasteiger partial charge in [-0.25, -0.2) is 9.37 Å². The van der Waals surface area contributed by atoms with E-state index in [-0.39, 0.29) is 18.2 Å². The van der Waals surface area contributed by atoms with Gasteiger partial charge in [0.15, 0.2) is 0 Å². The number of aromatic nitrogens is 3. The number of nitrogens with two attached hydrogens (primary N) is 1. The first-order valence-electron chi connectivity index (χ1n) is 5.57. The molecule has 1 aromatic heterocycles. The van der Waals surface area contributed by atoms with Gasteiger partial charge in [-0.2, -0.15) is 0 Å². The van der Waals surface area contributed by atoms with Gasteiger partial charge >= 0.3 is 17.7 Å². The third-order valence-electron chi connectivity index (χ3n) is 2.31. The summed E-state index contributed by atoms with van der Waals surface area (Å²) >= 11 is 0. The van der Waals surface area contributed by atoms with Crippen LogP contribution in [0.25, 0.3) is 0 Å². The lowest BCUT2D eigenvalue weighted by Gasteiger charge is -2.11. The molecule has 0 saturated carbocycles. The number of anilines is 1. The van der Waals surface area contributed by atoms with Gasteiger partial charge in [-0.1, -0.05) is 5.10 Å². The van der Waals surface area contributed by atoms with Crippen molar-refractivity contribution in [2.75, 3.05) is 32.1 Å². The Labute approximate surface area is 103 Å². The molecule has 2 rings (SSSR count). The highest BCUT2D eigenvalue weighted by Gasteiger charge is 2.28. The zero-order valence-electron chi connectivity index (χ0n) is 10.00. The zero-order chi connectivity index (χ0) is 13.0. The monoisotopic (exact) mass is 252 g/mol. The van der Waals surface area contributed by atoms with E-state index in [1.54, 1.807) is 17.7 Å². The van der Waals surface area contributed by atoms with Crippen LogP contribution in [0, 0.1) is 0 Å². The van der Waals surface area contributed by atoms with Crippen molar-refractivity contribution < 1.29 is 18.8 Å². The van der Waals surface area contributed by atoms with Crippen molar-refractivity contribution in [2.45, 2.75) is 6.92 Å². The molecule has 0 aromatic carbocycles. The Morgan fingerprint density at radius 1 is 1.61 bits per heavy atom. The average molecular weight is 252 g/mol. The van der Waals surface area contributed by atoms with Crippen LogP contribution in [-0.2, 0) is 9.47 Å². The van der Waals surface area contributed by atoms with E-state index < -0.39 is 5.97 Å². The molecule has 2 N–H and O–H groups in total. The molecule has 0 bridgehead atoms. The summed E-state index contributed by atoms with van der Waals surface area (Å²) in [5.41, 5.74) is 5.56. The summed E-state index contributed by atoms with van der Waals surface area (Å²) in [6, 6.07) is 0. The van der Waals surface area contributed by atoms with Gasteiger partial charge in [0, 0.05) is 4.98 Å². The van der Waals surface area contributed by atoms with Crippen molar-refractivity contribution in [3.8, 4) is 0 Å². The molecular formula is C10H14N5O3+. The second-order valence-electron chi connectivity index (χ2n) is 3.51. The van der Waals surface area contributed by atoms with Crippen molar-refractivity contribution >= 4 is 24.0 Å². The van der Waals surface area contributed by atoms with Crippen LogP contribution in [-0.4, -0.2) is 58.3 Å². The van der Waals surface area contributed by atoms with E-state index in [9.17, 15) is 4.79 Å². The van der Waals surface area contributed by atoms with Crippen molar-refractivity contribution in [1.82, 2.24) is 15.2 Å². The predicted molar refractivity (Wildman–Crippen MR) is 61.9 cm³/mol. The number of carbonyl (C=O) groups is 1. The fourth-order valence-corrected chi connectivity index (χ4v) is 1.53. The molecule has 8 heteroatoms. The first-order valence-corrected chi connectivity index (χ1v) is 5.57. The second-order valence-corrected chi connectivity index (χ2v) is 3.51. The van der Waals surface area contributed by atoms with E-state index in [1.165, 1.54) is 0 Å². The third-order valence-corrected chi connectivity index (χ3v) is 2.31. The van der Waals surface area contributed by atoms with Gasteiger partial charge < -0.3 is 15.2 Å². The molecule has 0 radical (unpaired) electrons. The lowest BCUT2D eigenvalue weighted by Crippen LogP contribution is -2.26. The molecule has 1 aromatic rings. The van der Waals surface area contributed by atoms with Crippen molar-refractivity contribution in [2.24, 2.45) is 0 Å². The van der Waals surface area contributed by atoms with E-state index in [4.69, 9.17) is 15.2 Å². The Bertz CT molecular complexity index is 488. The van der Waals surface area contributed by atoms with E-state index in [1.807, 2.05) is 0 Å². The summed E-state index contributed by atoms with van der Waals surface area (Å²) in [6.45, 7) is 3.55. The number of hydrogen-bond donors (Lipinski definition) is 1. The fraction of sp³-hybridized carbons (Fsp3) is 0.500. The van der Waals surface area contributed by atoms with Crippen molar-refractivity contribution in [3.63, 3.8) is 0 Å². The average Bonchev–Trinajstić information content (AvgIpc) is 2.40. The van der Waals surface area contributed by atoms with E-state index in [0.717, 1.165) is 0 Å². The van der Waals surface area contributed by atoms with Gasteiger partial charge in [-0.05, 0) is 6.92 Å². The minimum atomic E-state index is -0.563. The Balaban J connectivity index is 2.40. The zero-order valence-corrected chi connectivity index (χ0v) is 10.00. The summed E-state index contributed by atoms with van der Waals surface area (Å²) in [5, 5.41) is 7.34. The number of esters is 1. The maximum absolute atomic E-state index is 11.7. The number of hydrogen-bond acceptors (Lipinski definition) is 7. The molecule has 0 unspecified atom stereocenters. The Morgan fingerprint density at radius 3 is 3.11 bits per heavy atom. The largest absolute Gasteiger partial charge is 0.461 e. The molecule has 0 saturated heterocycles. The van der Waals surface area contributed by atoms with Crippen LogP contribution in [0.4, 0.5) is 11.8 Å².